The Bertz CT molecular complexity index is 775. The molecule has 0 aliphatic carbocycles. The summed E-state index contributed by atoms with van der Waals surface area (Å²) in [5.74, 6) is 0. The predicted octanol–water partition coefficient (Wildman–Crippen LogP) is 2.25. The third-order valence-electron chi connectivity index (χ3n) is 2.80. The van der Waals surface area contributed by atoms with Crippen molar-refractivity contribution < 1.29 is 8.42 Å². The van der Waals surface area contributed by atoms with Crippen LogP contribution in [0.4, 0.5) is 11.4 Å². The van der Waals surface area contributed by atoms with Crippen LogP contribution in [0.1, 0.15) is 11.1 Å². The Labute approximate surface area is 117 Å². The topological polar surface area (TPSA) is 96.0 Å². The summed E-state index contributed by atoms with van der Waals surface area (Å²) in [6.07, 6.45) is 0. The van der Waals surface area contributed by atoms with Gasteiger partial charge in [0.2, 0.25) is 0 Å². The molecule has 6 heteroatoms. The smallest absolute Gasteiger partial charge is 0.261 e. The number of nitrogen functional groups attached to an aromatic ring is 1. The normalized spacial score (nSPS) is 10.8. The van der Waals surface area contributed by atoms with Gasteiger partial charge in [0.25, 0.3) is 10.0 Å². The summed E-state index contributed by atoms with van der Waals surface area (Å²) >= 11 is 0. The minimum Gasteiger partial charge on any atom is -0.399 e. The second kappa shape index (κ2) is 5.23. The average Bonchev–Trinajstić information content (AvgIpc) is 2.41. The molecule has 0 bridgehead atoms. The summed E-state index contributed by atoms with van der Waals surface area (Å²) in [6.45, 7) is 1.77. The molecular weight excluding hydrogens is 274 g/mol. The standard InChI is InChI=1S/C14H13N3O2S/c1-10-2-3-11(9-15)8-14(10)17-20(18,19)13-6-4-12(16)5-7-13/h2-8,17H,16H2,1H3. The average molecular weight is 287 g/mol. The van der Waals surface area contributed by atoms with E-state index in [0.717, 1.165) is 5.56 Å². The number of anilines is 2. The Morgan fingerprint density at radius 1 is 1.15 bits per heavy atom. The number of nitrogens with one attached hydrogen (secondary N) is 1. The molecular formula is C14H13N3O2S. The van der Waals surface area contributed by atoms with Crippen molar-refractivity contribution in [3.63, 3.8) is 0 Å². The van der Waals surface area contributed by atoms with E-state index in [1.807, 2.05) is 6.07 Å². The monoisotopic (exact) mass is 287 g/mol. The van der Waals surface area contributed by atoms with E-state index < -0.39 is 10.0 Å². The van der Waals surface area contributed by atoms with Crippen LogP contribution in [0.3, 0.4) is 0 Å². The first-order valence-electron chi connectivity index (χ1n) is 5.81. The highest BCUT2D eigenvalue weighted by molar-refractivity contribution is 7.92. The number of nitriles is 1. The lowest BCUT2D eigenvalue weighted by molar-refractivity contribution is 0.601. The van der Waals surface area contributed by atoms with Crippen LogP contribution in [-0.2, 0) is 10.0 Å². The fraction of sp³-hybridized carbons (Fsp3) is 0.0714. The molecule has 0 heterocycles. The SMILES string of the molecule is Cc1ccc(C#N)cc1NS(=O)(=O)c1ccc(N)cc1. The van der Waals surface area contributed by atoms with Crippen LogP contribution in [0.15, 0.2) is 47.4 Å². The van der Waals surface area contributed by atoms with Crippen molar-refractivity contribution in [3.8, 4) is 6.07 Å². The van der Waals surface area contributed by atoms with E-state index in [1.54, 1.807) is 19.1 Å². The number of hydrogen-bond donors (Lipinski definition) is 2. The van der Waals surface area contributed by atoms with Crippen LogP contribution in [-0.4, -0.2) is 8.42 Å². The van der Waals surface area contributed by atoms with E-state index in [9.17, 15) is 8.42 Å². The van der Waals surface area contributed by atoms with Gasteiger partial charge in [-0.2, -0.15) is 5.26 Å². The molecule has 102 valence electrons. The van der Waals surface area contributed by atoms with Crippen molar-refractivity contribution >= 4 is 21.4 Å². The van der Waals surface area contributed by atoms with Crippen molar-refractivity contribution in [1.29, 1.82) is 5.26 Å². The molecule has 2 rings (SSSR count). The van der Waals surface area contributed by atoms with Crippen molar-refractivity contribution in [2.24, 2.45) is 0 Å². The second-order valence-electron chi connectivity index (χ2n) is 4.32. The maximum Gasteiger partial charge on any atom is 0.261 e. The third-order valence-corrected chi connectivity index (χ3v) is 4.18. The van der Waals surface area contributed by atoms with Crippen LogP contribution < -0.4 is 10.5 Å². The zero-order chi connectivity index (χ0) is 14.8. The highest BCUT2D eigenvalue weighted by atomic mass is 32.2. The predicted molar refractivity (Wildman–Crippen MR) is 77.6 cm³/mol. The third kappa shape index (κ3) is 2.90. The molecule has 0 aromatic heterocycles. The molecule has 0 spiro atoms. The molecule has 0 saturated heterocycles. The lowest BCUT2D eigenvalue weighted by Crippen LogP contribution is -2.13. The number of nitrogens with zero attached hydrogens (tertiary/aromatic N) is 1. The number of benzene rings is 2. The summed E-state index contributed by atoms with van der Waals surface area (Å²) in [7, 11) is -3.69. The van der Waals surface area contributed by atoms with Crippen LogP contribution >= 0.6 is 0 Å². The Morgan fingerprint density at radius 3 is 2.40 bits per heavy atom. The minimum absolute atomic E-state index is 0.119. The summed E-state index contributed by atoms with van der Waals surface area (Å²) in [5.41, 5.74) is 7.55. The summed E-state index contributed by atoms with van der Waals surface area (Å²) in [4.78, 5) is 0.119. The molecule has 0 aliphatic heterocycles. The summed E-state index contributed by atoms with van der Waals surface area (Å²) < 4.78 is 26.9. The second-order valence-corrected chi connectivity index (χ2v) is 6.00. The van der Waals surface area contributed by atoms with E-state index in [1.165, 1.54) is 30.3 Å². The lowest BCUT2D eigenvalue weighted by Gasteiger charge is -2.11. The van der Waals surface area contributed by atoms with E-state index in [0.29, 0.717) is 16.9 Å². The van der Waals surface area contributed by atoms with E-state index in [4.69, 9.17) is 11.0 Å². The maximum atomic E-state index is 12.2. The van der Waals surface area contributed by atoms with E-state index in [-0.39, 0.29) is 4.90 Å². The molecule has 0 amide bonds. The fourth-order valence-corrected chi connectivity index (χ4v) is 2.77. The molecule has 0 aliphatic rings. The molecule has 0 saturated carbocycles. The Balaban J connectivity index is 2.38. The van der Waals surface area contributed by atoms with Crippen molar-refractivity contribution in [3.05, 3.63) is 53.6 Å². The fourth-order valence-electron chi connectivity index (χ4n) is 1.65. The molecule has 5 nitrogen and oxygen atoms in total. The molecule has 2 aromatic rings. The lowest BCUT2D eigenvalue weighted by atomic mass is 10.1. The molecule has 0 atom stereocenters. The van der Waals surface area contributed by atoms with Crippen LogP contribution in [0, 0.1) is 18.3 Å². The molecule has 0 fully saturated rings. The van der Waals surface area contributed by atoms with Gasteiger partial charge in [-0.05, 0) is 48.9 Å². The molecule has 3 N–H and O–H groups in total. The largest absolute Gasteiger partial charge is 0.399 e. The van der Waals surface area contributed by atoms with Gasteiger partial charge >= 0.3 is 0 Å². The summed E-state index contributed by atoms with van der Waals surface area (Å²) in [6, 6.07) is 12.7. The van der Waals surface area contributed by atoms with Gasteiger partial charge in [-0.3, -0.25) is 4.72 Å². The van der Waals surface area contributed by atoms with Gasteiger partial charge in [-0.15, -0.1) is 0 Å². The number of nitrogens with two attached hydrogens (primary N) is 1. The van der Waals surface area contributed by atoms with Crippen LogP contribution in [0.5, 0.6) is 0 Å². The van der Waals surface area contributed by atoms with Crippen LogP contribution in [0.25, 0.3) is 0 Å². The number of sulfonamides is 1. The Kier molecular flexibility index (Phi) is 3.63. The first-order chi connectivity index (χ1) is 9.42. The van der Waals surface area contributed by atoms with Crippen molar-refractivity contribution in [2.45, 2.75) is 11.8 Å². The van der Waals surface area contributed by atoms with Crippen molar-refractivity contribution in [1.82, 2.24) is 0 Å². The van der Waals surface area contributed by atoms with Gasteiger partial charge in [0, 0.05) is 5.69 Å². The number of rotatable bonds is 3. The van der Waals surface area contributed by atoms with Gasteiger partial charge in [-0.1, -0.05) is 6.07 Å². The zero-order valence-electron chi connectivity index (χ0n) is 10.8. The minimum atomic E-state index is -3.69. The highest BCUT2D eigenvalue weighted by Gasteiger charge is 2.15. The highest BCUT2D eigenvalue weighted by Crippen LogP contribution is 2.21. The number of aryl methyl sites for hydroxylation is 1. The van der Waals surface area contributed by atoms with Gasteiger partial charge in [0.05, 0.1) is 22.2 Å². The molecule has 0 unspecified atom stereocenters. The van der Waals surface area contributed by atoms with E-state index in [2.05, 4.69) is 4.72 Å². The molecule has 20 heavy (non-hydrogen) atoms. The zero-order valence-corrected chi connectivity index (χ0v) is 11.6. The molecule has 2 aromatic carbocycles. The van der Waals surface area contributed by atoms with Crippen LogP contribution in [0.2, 0.25) is 0 Å². The Morgan fingerprint density at radius 2 is 1.80 bits per heavy atom. The number of hydrogen-bond acceptors (Lipinski definition) is 4. The first kappa shape index (κ1) is 13.9. The van der Waals surface area contributed by atoms with Gasteiger partial charge in [0.1, 0.15) is 0 Å². The summed E-state index contributed by atoms with van der Waals surface area (Å²) in [5, 5.41) is 8.86. The Hall–Kier alpha value is -2.52. The maximum absolute atomic E-state index is 12.2. The first-order valence-corrected chi connectivity index (χ1v) is 7.30. The van der Waals surface area contributed by atoms with Gasteiger partial charge < -0.3 is 5.73 Å². The quantitative estimate of drug-likeness (QED) is 0.846. The van der Waals surface area contributed by atoms with Gasteiger partial charge in [0.15, 0.2) is 0 Å². The van der Waals surface area contributed by atoms with Gasteiger partial charge in [-0.25, -0.2) is 8.42 Å². The van der Waals surface area contributed by atoms with E-state index >= 15 is 0 Å². The van der Waals surface area contributed by atoms with Crippen molar-refractivity contribution in [2.75, 3.05) is 10.5 Å². The molecule has 0 radical (unpaired) electrons.